The predicted octanol–water partition coefficient (Wildman–Crippen LogP) is 1.86. The number of fused-ring (bicyclic) bond motifs is 1. The van der Waals surface area contributed by atoms with Gasteiger partial charge in [-0.1, -0.05) is 18.2 Å². The van der Waals surface area contributed by atoms with E-state index in [2.05, 4.69) is 10.0 Å². The highest BCUT2D eigenvalue weighted by atomic mass is 32.2. The molecule has 0 bridgehead atoms. The monoisotopic (exact) mass is 479 g/mol. The zero-order valence-electron chi connectivity index (χ0n) is 18.0. The summed E-state index contributed by atoms with van der Waals surface area (Å²) >= 11 is 1.51. The second-order valence-electron chi connectivity index (χ2n) is 7.04. The van der Waals surface area contributed by atoms with Crippen molar-refractivity contribution < 1.29 is 22.4 Å². The van der Waals surface area contributed by atoms with Gasteiger partial charge in [0.25, 0.3) is 0 Å². The number of hydrogen-bond acceptors (Lipinski definition) is 7. The second kappa shape index (κ2) is 10.2. The Balaban J connectivity index is 1.79. The van der Waals surface area contributed by atoms with Gasteiger partial charge in [-0.3, -0.25) is 9.36 Å². The summed E-state index contributed by atoms with van der Waals surface area (Å²) in [6.07, 6.45) is 2.18. The van der Waals surface area contributed by atoms with Crippen LogP contribution in [0.2, 0.25) is 0 Å². The molecule has 1 heterocycles. The molecular weight excluding hydrogens is 454 g/mol. The minimum atomic E-state index is -4.04. The lowest BCUT2D eigenvalue weighted by Crippen LogP contribution is -2.46. The number of sulfonamides is 1. The molecule has 11 heteroatoms. The van der Waals surface area contributed by atoms with Crippen molar-refractivity contribution in [3.63, 3.8) is 0 Å². The van der Waals surface area contributed by atoms with E-state index in [0.717, 1.165) is 5.56 Å². The van der Waals surface area contributed by atoms with Gasteiger partial charge in [0.2, 0.25) is 15.9 Å². The molecule has 1 amide bonds. The van der Waals surface area contributed by atoms with E-state index < -0.39 is 27.7 Å². The minimum Gasteiger partial charge on any atom is -0.496 e. The number of nitrogens with zero attached hydrogens (tertiary/aromatic N) is 1. The molecule has 0 spiro atoms. The first-order valence-corrected chi connectivity index (χ1v) is 12.6. The van der Waals surface area contributed by atoms with Crippen LogP contribution in [-0.2, 0) is 28.4 Å². The maximum absolute atomic E-state index is 13.0. The molecule has 0 aliphatic rings. The van der Waals surface area contributed by atoms with E-state index in [0.29, 0.717) is 23.4 Å². The van der Waals surface area contributed by atoms with Crippen molar-refractivity contribution in [1.29, 1.82) is 0 Å². The number of thioether (sulfide) groups is 1. The van der Waals surface area contributed by atoms with Crippen LogP contribution >= 0.6 is 11.8 Å². The van der Waals surface area contributed by atoms with E-state index in [-0.39, 0.29) is 17.0 Å². The number of methoxy groups -OCH3 is 1. The third-order valence-electron chi connectivity index (χ3n) is 4.94. The fraction of sp³-hybridized carbons (Fsp3) is 0.333. The number of ether oxygens (including phenoxy) is 1. The second-order valence-corrected chi connectivity index (χ2v) is 9.74. The number of benzene rings is 2. The Hall–Kier alpha value is -2.76. The van der Waals surface area contributed by atoms with Crippen LogP contribution in [0.3, 0.4) is 0 Å². The maximum Gasteiger partial charge on any atom is 0.419 e. The number of aryl methyl sites for hydroxylation is 1. The van der Waals surface area contributed by atoms with Crippen LogP contribution in [0.15, 0.2) is 56.6 Å². The van der Waals surface area contributed by atoms with E-state index in [1.807, 2.05) is 24.5 Å². The van der Waals surface area contributed by atoms with E-state index in [1.165, 1.54) is 41.6 Å². The van der Waals surface area contributed by atoms with Crippen molar-refractivity contribution >= 4 is 38.8 Å². The molecular formula is C21H25N3O6S2. The van der Waals surface area contributed by atoms with Crippen molar-refractivity contribution in [2.75, 3.05) is 19.1 Å². The zero-order valence-corrected chi connectivity index (χ0v) is 19.6. The quantitative estimate of drug-likeness (QED) is 0.455. The van der Waals surface area contributed by atoms with E-state index in [9.17, 15) is 18.0 Å². The summed E-state index contributed by atoms with van der Waals surface area (Å²) in [4.78, 5) is 24.4. The molecule has 3 rings (SSSR count). The molecule has 0 fully saturated rings. The molecule has 0 radical (unpaired) electrons. The highest BCUT2D eigenvalue weighted by Gasteiger charge is 2.26. The van der Waals surface area contributed by atoms with Crippen LogP contribution in [-0.4, -0.2) is 44.1 Å². The number of rotatable bonds is 10. The number of para-hydroxylation sites is 1. The molecule has 2 aromatic carbocycles. The van der Waals surface area contributed by atoms with Gasteiger partial charge in [-0.05, 0) is 36.6 Å². The third-order valence-corrected chi connectivity index (χ3v) is 7.06. The van der Waals surface area contributed by atoms with Gasteiger partial charge in [0.1, 0.15) is 11.8 Å². The van der Waals surface area contributed by atoms with Crippen LogP contribution in [0.25, 0.3) is 11.1 Å². The molecule has 3 aromatic rings. The van der Waals surface area contributed by atoms with Crippen LogP contribution in [0.4, 0.5) is 0 Å². The number of aromatic nitrogens is 1. The molecule has 0 saturated heterocycles. The molecule has 0 unspecified atom stereocenters. The molecule has 1 aromatic heterocycles. The first-order valence-electron chi connectivity index (χ1n) is 9.77. The van der Waals surface area contributed by atoms with Gasteiger partial charge in [-0.25, -0.2) is 13.2 Å². The largest absolute Gasteiger partial charge is 0.496 e. The normalized spacial score (nSPS) is 12.6. The van der Waals surface area contributed by atoms with E-state index in [4.69, 9.17) is 9.15 Å². The van der Waals surface area contributed by atoms with Crippen LogP contribution in [0.1, 0.15) is 12.0 Å². The molecule has 9 nitrogen and oxygen atoms in total. The van der Waals surface area contributed by atoms with Crippen LogP contribution in [0, 0.1) is 0 Å². The van der Waals surface area contributed by atoms with Gasteiger partial charge < -0.3 is 14.5 Å². The molecule has 1 atom stereocenters. The topological polar surface area (TPSA) is 120 Å². The summed E-state index contributed by atoms with van der Waals surface area (Å²) in [6.45, 7) is 0.196. The minimum absolute atomic E-state index is 0.0916. The van der Waals surface area contributed by atoms with Gasteiger partial charge >= 0.3 is 5.76 Å². The Morgan fingerprint density at radius 1 is 1.25 bits per heavy atom. The fourth-order valence-corrected chi connectivity index (χ4v) is 4.89. The average molecular weight is 480 g/mol. The van der Waals surface area contributed by atoms with E-state index >= 15 is 0 Å². The number of carbonyl (C=O) groups is 1. The number of nitrogens with one attached hydrogen (secondary N) is 2. The summed E-state index contributed by atoms with van der Waals surface area (Å²) < 4.78 is 40.1. The number of carbonyl (C=O) groups excluding carboxylic acids is 1. The standard InChI is InChI=1S/C21H25N3O6S2/c1-24-17-9-8-15(12-19(17)30-21(24)26)32(27,28)23-16(10-11-31-3)20(25)22-13-14-6-4-5-7-18(14)29-2/h4-9,12,16,23H,10-11,13H2,1-3H3,(H,22,25)/t16-/m1/s1. The lowest BCUT2D eigenvalue weighted by molar-refractivity contribution is -0.122. The molecule has 32 heavy (non-hydrogen) atoms. The van der Waals surface area contributed by atoms with Gasteiger partial charge in [-0.15, -0.1) is 0 Å². The van der Waals surface area contributed by atoms with Crippen molar-refractivity contribution in [3.05, 3.63) is 58.6 Å². The number of oxazole rings is 1. The van der Waals surface area contributed by atoms with Gasteiger partial charge in [-0.2, -0.15) is 16.5 Å². The highest BCUT2D eigenvalue weighted by Crippen LogP contribution is 2.19. The molecule has 172 valence electrons. The fourth-order valence-electron chi connectivity index (χ4n) is 3.17. The lowest BCUT2D eigenvalue weighted by Gasteiger charge is -2.19. The Morgan fingerprint density at radius 3 is 2.72 bits per heavy atom. The summed E-state index contributed by atoms with van der Waals surface area (Å²) in [6, 6.07) is 10.4. The maximum atomic E-state index is 13.0. The van der Waals surface area contributed by atoms with E-state index in [1.54, 1.807) is 13.2 Å². The smallest absolute Gasteiger partial charge is 0.419 e. The van der Waals surface area contributed by atoms with Crippen molar-refractivity contribution in [3.8, 4) is 5.75 Å². The summed E-state index contributed by atoms with van der Waals surface area (Å²) in [5.74, 6) is 0.186. The SMILES string of the molecule is COc1ccccc1CNC(=O)[C@@H](CCSC)NS(=O)(=O)c1ccc2c(c1)oc(=O)n2C. The van der Waals surface area contributed by atoms with Crippen LogP contribution in [0.5, 0.6) is 5.75 Å². The molecule has 0 saturated carbocycles. The van der Waals surface area contributed by atoms with Crippen LogP contribution < -0.4 is 20.5 Å². The number of amides is 1. The Labute approximate surface area is 190 Å². The van der Waals surface area contributed by atoms with Crippen molar-refractivity contribution in [2.45, 2.75) is 23.9 Å². The zero-order chi connectivity index (χ0) is 23.3. The summed E-state index contributed by atoms with van der Waals surface area (Å²) in [7, 11) is -0.966. The average Bonchev–Trinajstić information content (AvgIpc) is 3.07. The Morgan fingerprint density at radius 2 is 2.00 bits per heavy atom. The third kappa shape index (κ3) is 5.34. The lowest BCUT2D eigenvalue weighted by atomic mass is 10.2. The van der Waals surface area contributed by atoms with Crippen molar-refractivity contribution in [2.24, 2.45) is 7.05 Å². The molecule has 0 aliphatic heterocycles. The molecule has 0 aliphatic carbocycles. The van der Waals surface area contributed by atoms with Gasteiger partial charge in [0, 0.05) is 25.2 Å². The molecule has 2 N–H and O–H groups in total. The Bertz CT molecular complexity index is 1270. The number of hydrogen-bond donors (Lipinski definition) is 2. The first-order chi connectivity index (χ1) is 15.3. The Kier molecular flexibility index (Phi) is 7.64. The van der Waals surface area contributed by atoms with Crippen molar-refractivity contribution in [1.82, 2.24) is 14.6 Å². The summed E-state index contributed by atoms with van der Waals surface area (Å²) in [5, 5.41) is 2.78. The van der Waals surface area contributed by atoms with Gasteiger partial charge in [0.05, 0.1) is 17.5 Å². The van der Waals surface area contributed by atoms with Gasteiger partial charge in [0.15, 0.2) is 5.58 Å². The highest BCUT2D eigenvalue weighted by molar-refractivity contribution is 7.98. The predicted molar refractivity (Wildman–Crippen MR) is 123 cm³/mol. The summed E-state index contributed by atoms with van der Waals surface area (Å²) in [5.41, 5.74) is 1.41. The first kappa shape index (κ1) is 23.9.